The van der Waals surface area contributed by atoms with Gasteiger partial charge in [0, 0.05) is 23.8 Å². The fourth-order valence-corrected chi connectivity index (χ4v) is 5.17. The van der Waals surface area contributed by atoms with Gasteiger partial charge in [0.15, 0.2) is 0 Å². The fraction of sp³-hybridized carbons (Fsp3) is 0.240. The minimum atomic E-state index is -4.20. The molecule has 34 heavy (non-hydrogen) atoms. The number of likely N-dealkylation sites (N-methyl/N-ethyl adjacent to an activating group) is 1. The van der Waals surface area contributed by atoms with E-state index in [0.717, 1.165) is 15.4 Å². The number of sulfonamides is 1. The minimum absolute atomic E-state index is 0.0384. The van der Waals surface area contributed by atoms with Crippen molar-refractivity contribution in [2.45, 2.75) is 18.7 Å². The molecule has 7 nitrogen and oxygen atoms in total. The summed E-state index contributed by atoms with van der Waals surface area (Å²) in [5.41, 5.74) is 2.36. The highest BCUT2D eigenvalue weighted by Crippen LogP contribution is 2.33. The summed E-state index contributed by atoms with van der Waals surface area (Å²) in [7, 11) is 0.320. The van der Waals surface area contributed by atoms with Crippen molar-refractivity contribution in [3.63, 3.8) is 0 Å². The van der Waals surface area contributed by atoms with Gasteiger partial charge in [-0.1, -0.05) is 29.8 Å². The Morgan fingerprint density at radius 2 is 1.68 bits per heavy atom. The van der Waals surface area contributed by atoms with E-state index in [-0.39, 0.29) is 16.3 Å². The molecular formula is C25H27ClN2O5S. The molecule has 0 aliphatic carbocycles. The van der Waals surface area contributed by atoms with Crippen LogP contribution in [0.1, 0.15) is 11.1 Å². The zero-order valence-corrected chi connectivity index (χ0v) is 21.3. The van der Waals surface area contributed by atoms with Crippen molar-refractivity contribution in [1.29, 1.82) is 0 Å². The molecule has 1 amide bonds. The number of anilines is 2. The van der Waals surface area contributed by atoms with Crippen LogP contribution in [-0.2, 0) is 14.8 Å². The lowest BCUT2D eigenvalue weighted by Crippen LogP contribution is -2.42. The summed E-state index contributed by atoms with van der Waals surface area (Å²) in [6.07, 6.45) is 0. The van der Waals surface area contributed by atoms with Crippen LogP contribution in [0.5, 0.6) is 11.5 Å². The van der Waals surface area contributed by atoms with E-state index in [0.29, 0.717) is 16.5 Å². The highest BCUT2D eigenvalue weighted by molar-refractivity contribution is 7.93. The third kappa shape index (κ3) is 5.29. The molecule has 0 heterocycles. The number of rotatable bonds is 8. The second-order valence-electron chi connectivity index (χ2n) is 7.75. The number of benzene rings is 3. The van der Waals surface area contributed by atoms with Crippen molar-refractivity contribution in [2.75, 3.05) is 37.0 Å². The van der Waals surface area contributed by atoms with E-state index >= 15 is 0 Å². The predicted molar refractivity (Wildman–Crippen MR) is 135 cm³/mol. The zero-order valence-electron chi connectivity index (χ0n) is 19.7. The Labute approximate surface area is 205 Å². The van der Waals surface area contributed by atoms with Crippen molar-refractivity contribution in [2.24, 2.45) is 0 Å². The topological polar surface area (TPSA) is 76.2 Å². The number of hydrogen-bond acceptors (Lipinski definition) is 5. The Hall–Kier alpha value is -3.23. The van der Waals surface area contributed by atoms with E-state index in [9.17, 15) is 13.2 Å². The lowest BCUT2D eigenvalue weighted by Gasteiger charge is -2.28. The van der Waals surface area contributed by atoms with Crippen LogP contribution in [-0.4, -0.2) is 42.1 Å². The second-order valence-corrected chi connectivity index (χ2v) is 9.99. The van der Waals surface area contributed by atoms with Crippen LogP contribution in [0, 0.1) is 13.8 Å². The van der Waals surface area contributed by atoms with Gasteiger partial charge in [0.05, 0.1) is 19.9 Å². The summed E-state index contributed by atoms with van der Waals surface area (Å²) in [5, 5.41) is 0.391. The van der Waals surface area contributed by atoms with Gasteiger partial charge in [-0.25, -0.2) is 8.42 Å². The maximum atomic E-state index is 13.9. The van der Waals surface area contributed by atoms with Gasteiger partial charge in [0.1, 0.15) is 22.9 Å². The predicted octanol–water partition coefficient (Wildman–Crippen LogP) is 4.83. The maximum absolute atomic E-state index is 13.9. The number of carbonyl (C=O) groups excluding carboxylic acids is 1. The van der Waals surface area contributed by atoms with Crippen molar-refractivity contribution >= 4 is 38.9 Å². The second kappa shape index (κ2) is 10.4. The molecular weight excluding hydrogens is 476 g/mol. The molecule has 0 spiro atoms. The largest absolute Gasteiger partial charge is 0.497 e. The van der Waals surface area contributed by atoms with Gasteiger partial charge >= 0.3 is 0 Å². The molecule has 3 aromatic carbocycles. The van der Waals surface area contributed by atoms with Crippen molar-refractivity contribution in [1.82, 2.24) is 0 Å². The first-order valence-electron chi connectivity index (χ1n) is 10.4. The molecule has 0 radical (unpaired) electrons. The van der Waals surface area contributed by atoms with Crippen LogP contribution >= 0.6 is 11.6 Å². The Bertz CT molecular complexity index is 1310. The number of carbonyl (C=O) groups is 1. The molecule has 0 aliphatic heterocycles. The van der Waals surface area contributed by atoms with E-state index < -0.39 is 22.5 Å². The lowest BCUT2D eigenvalue weighted by atomic mass is 10.2. The van der Waals surface area contributed by atoms with Crippen molar-refractivity contribution < 1.29 is 22.7 Å². The van der Waals surface area contributed by atoms with Crippen LogP contribution in [0.15, 0.2) is 65.6 Å². The SMILES string of the molecule is COc1cccc(N(C)C(=O)CN(c2ccc(C)c(Cl)c2)S(=O)(=O)c2cc(C)ccc2OC)c1. The number of aryl methyl sites for hydroxylation is 2. The van der Waals surface area contributed by atoms with Gasteiger partial charge in [-0.2, -0.15) is 0 Å². The van der Waals surface area contributed by atoms with Crippen LogP contribution in [0.4, 0.5) is 11.4 Å². The number of halogens is 1. The summed E-state index contributed by atoms with van der Waals surface area (Å²) in [5.74, 6) is 0.319. The summed E-state index contributed by atoms with van der Waals surface area (Å²) in [6, 6.07) is 16.7. The maximum Gasteiger partial charge on any atom is 0.268 e. The third-order valence-electron chi connectivity index (χ3n) is 5.42. The van der Waals surface area contributed by atoms with Crippen molar-refractivity contribution in [3.05, 3.63) is 76.8 Å². The van der Waals surface area contributed by atoms with Gasteiger partial charge in [0.2, 0.25) is 5.91 Å². The van der Waals surface area contributed by atoms with E-state index in [4.69, 9.17) is 21.1 Å². The molecule has 0 unspecified atom stereocenters. The lowest BCUT2D eigenvalue weighted by molar-refractivity contribution is -0.116. The molecule has 3 aromatic rings. The van der Waals surface area contributed by atoms with Gasteiger partial charge in [-0.05, 0) is 61.4 Å². The monoisotopic (exact) mass is 502 g/mol. The smallest absolute Gasteiger partial charge is 0.268 e. The minimum Gasteiger partial charge on any atom is -0.497 e. The summed E-state index contributed by atoms with van der Waals surface area (Å²) in [4.78, 5) is 14.6. The first-order valence-corrected chi connectivity index (χ1v) is 12.2. The molecule has 0 atom stereocenters. The van der Waals surface area contributed by atoms with Crippen LogP contribution in [0.25, 0.3) is 0 Å². The van der Waals surface area contributed by atoms with Crippen LogP contribution < -0.4 is 18.7 Å². The number of amides is 1. The molecule has 0 fully saturated rings. The standard InChI is InChI=1S/C25H27ClN2O5S/c1-17-9-12-23(33-5)24(13-17)34(30,31)28(20-11-10-18(2)22(26)15-20)16-25(29)27(3)19-7-6-8-21(14-19)32-4/h6-15H,16H2,1-5H3. The van der Waals surface area contributed by atoms with Gasteiger partial charge in [-0.15, -0.1) is 0 Å². The quantitative estimate of drug-likeness (QED) is 0.441. The molecule has 0 aliphatic rings. The Kier molecular flexibility index (Phi) is 7.74. The highest BCUT2D eigenvalue weighted by Gasteiger charge is 2.31. The molecule has 9 heteroatoms. The van der Waals surface area contributed by atoms with E-state index in [1.165, 1.54) is 31.3 Å². The first-order chi connectivity index (χ1) is 16.1. The molecule has 0 bridgehead atoms. The summed E-state index contributed by atoms with van der Waals surface area (Å²) < 4.78 is 39.3. The Morgan fingerprint density at radius 3 is 2.32 bits per heavy atom. The number of ether oxygens (including phenoxy) is 2. The molecule has 180 valence electrons. The van der Waals surface area contributed by atoms with E-state index in [1.54, 1.807) is 62.5 Å². The highest BCUT2D eigenvalue weighted by atomic mass is 35.5. The summed E-state index contributed by atoms with van der Waals surface area (Å²) in [6.45, 7) is 3.15. The van der Waals surface area contributed by atoms with Gasteiger partial charge in [0.25, 0.3) is 10.0 Å². The fourth-order valence-electron chi connectivity index (χ4n) is 3.35. The third-order valence-corrected chi connectivity index (χ3v) is 7.63. The first kappa shape index (κ1) is 25.4. The Balaban J connectivity index is 2.08. The van der Waals surface area contributed by atoms with Crippen LogP contribution in [0.2, 0.25) is 5.02 Å². The summed E-state index contributed by atoms with van der Waals surface area (Å²) >= 11 is 6.31. The molecule has 0 saturated heterocycles. The van der Waals surface area contributed by atoms with Crippen molar-refractivity contribution in [3.8, 4) is 11.5 Å². The Morgan fingerprint density at radius 1 is 0.941 bits per heavy atom. The average Bonchev–Trinajstić information content (AvgIpc) is 2.83. The zero-order chi connectivity index (χ0) is 25.0. The van der Waals surface area contributed by atoms with E-state index in [1.807, 2.05) is 6.92 Å². The molecule has 0 saturated carbocycles. The molecule has 0 aromatic heterocycles. The van der Waals surface area contributed by atoms with E-state index in [2.05, 4.69) is 0 Å². The molecule has 3 rings (SSSR count). The number of nitrogens with zero attached hydrogens (tertiary/aromatic N) is 2. The van der Waals surface area contributed by atoms with Gasteiger partial charge in [-0.3, -0.25) is 9.10 Å². The van der Waals surface area contributed by atoms with Gasteiger partial charge < -0.3 is 14.4 Å². The molecule has 0 N–H and O–H groups in total. The van der Waals surface area contributed by atoms with Crippen LogP contribution in [0.3, 0.4) is 0 Å². The number of hydrogen-bond donors (Lipinski definition) is 0. The average molecular weight is 503 g/mol. The number of methoxy groups -OCH3 is 2. The normalized spacial score (nSPS) is 11.1.